The molecule has 1 aromatic rings. The van der Waals surface area contributed by atoms with Crippen LogP contribution in [0.3, 0.4) is 0 Å². The van der Waals surface area contributed by atoms with Crippen molar-refractivity contribution in [3.8, 4) is 0 Å². The normalized spacial score (nSPS) is 22.8. The maximum atomic E-state index is 11.1. The average Bonchev–Trinajstić information content (AvgIpc) is 2.89. The molecular weight excluding hydrogens is 258 g/mol. The summed E-state index contributed by atoms with van der Waals surface area (Å²) in [7, 11) is 0. The lowest BCUT2D eigenvalue weighted by Crippen LogP contribution is -2.33. The van der Waals surface area contributed by atoms with E-state index < -0.39 is 0 Å². The molecule has 4 N–H and O–H groups in total. The SMILES string of the molecule is NCC(c1ccc(Cl)s1)N1CCC(C(N)=O)C1. The number of rotatable bonds is 4. The number of amides is 1. The Morgan fingerprint density at radius 2 is 2.41 bits per heavy atom. The van der Waals surface area contributed by atoms with E-state index in [2.05, 4.69) is 4.90 Å². The molecule has 1 fully saturated rings. The fourth-order valence-corrected chi connectivity index (χ4v) is 3.46. The van der Waals surface area contributed by atoms with Crippen LogP contribution in [0.15, 0.2) is 12.1 Å². The number of likely N-dealkylation sites (tertiary alicyclic amines) is 1. The van der Waals surface area contributed by atoms with Crippen molar-refractivity contribution in [1.29, 1.82) is 0 Å². The Balaban J connectivity index is 2.08. The summed E-state index contributed by atoms with van der Waals surface area (Å²) in [5.74, 6) is -0.257. The van der Waals surface area contributed by atoms with E-state index in [0.717, 1.165) is 22.2 Å². The zero-order valence-corrected chi connectivity index (χ0v) is 11.0. The minimum absolute atomic E-state index is 0.0421. The van der Waals surface area contributed by atoms with Crippen molar-refractivity contribution >= 4 is 28.8 Å². The second kappa shape index (κ2) is 5.35. The van der Waals surface area contributed by atoms with Gasteiger partial charge in [-0.3, -0.25) is 9.69 Å². The summed E-state index contributed by atoms with van der Waals surface area (Å²) in [4.78, 5) is 14.5. The summed E-state index contributed by atoms with van der Waals surface area (Å²) in [5, 5.41) is 0. The highest BCUT2D eigenvalue weighted by molar-refractivity contribution is 7.16. The van der Waals surface area contributed by atoms with Crippen molar-refractivity contribution in [2.75, 3.05) is 19.6 Å². The fraction of sp³-hybridized carbons (Fsp3) is 0.545. The van der Waals surface area contributed by atoms with Crippen LogP contribution in [0.4, 0.5) is 0 Å². The molecule has 0 aromatic carbocycles. The van der Waals surface area contributed by atoms with E-state index in [1.807, 2.05) is 12.1 Å². The molecule has 17 heavy (non-hydrogen) atoms. The van der Waals surface area contributed by atoms with Gasteiger partial charge in [-0.2, -0.15) is 0 Å². The molecule has 0 saturated carbocycles. The monoisotopic (exact) mass is 273 g/mol. The zero-order valence-electron chi connectivity index (χ0n) is 9.43. The Bertz CT molecular complexity index is 409. The molecule has 2 heterocycles. The van der Waals surface area contributed by atoms with Gasteiger partial charge in [-0.15, -0.1) is 11.3 Å². The Morgan fingerprint density at radius 3 is 2.88 bits per heavy atom. The highest BCUT2D eigenvalue weighted by atomic mass is 35.5. The van der Waals surface area contributed by atoms with Gasteiger partial charge in [-0.25, -0.2) is 0 Å². The third kappa shape index (κ3) is 2.80. The summed E-state index contributed by atoms with van der Waals surface area (Å²) in [6.07, 6.45) is 0.824. The van der Waals surface area contributed by atoms with Gasteiger partial charge < -0.3 is 11.5 Å². The molecule has 2 atom stereocenters. The minimum Gasteiger partial charge on any atom is -0.369 e. The van der Waals surface area contributed by atoms with E-state index in [4.69, 9.17) is 23.1 Å². The second-order valence-electron chi connectivity index (χ2n) is 4.28. The lowest BCUT2D eigenvalue weighted by Gasteiger charge is -2.25. The van der Waals surface area contributed by atoms with Gasteiger partial charge >= 0.3 is 0 Å². The molecule has 1 amide bonds. The highest BCUT2D eigenvalue weighted by Crippen LogP contribution is 2.32. The number of thiophene rings is 1. The molecule has 0 radical (unpaired) electrons. The Labute approximate surface area is 110 Å². The highest BCUT2D eigenvalue weighted by Gasteiger charge is 2.31. The molecular formula is C11H16ClN3OS. The smallest absolute Gasteiger partial charge is 0.221 e. The van der Waals surface area contributed by atoms with Crippen molar-refractivity contribution in [3.63, 3.8) is 0 Å². The van der Waals surface area contributed by atoms with E-state index in [-0.39, 0.29) is 17.9 Å². The van der Waals surface area contributed by atoms with Crippen molar-refractivity contribution in [3.05, 3.63) is 21.3 Å². The molecule has 0 spiro atoms. The first-order chi connectivity index (χ1) is 8.11. The van der Waals surface area contributed by atoms with Crippen LogP contribution in [0.2, 0.25) is 4.34 Å². The van der Waals surface area contributed by atoms with Crippen molar-refractivity contribution in [1.82, 2.24) is 4.90 Å². The molecule has 6 heteroatoms. The van der Waals surface area contributed by atoms with Crippen LogP contribution in [0.25, 0.3) is 0 Å². The number of primary amides is 1. The van der Waals surface area contributed by atoms with Crippen LogP contribution in [0.5, 0.6) is 0 Å². The summed E-state index contributed by atoms with van der Waals surface area (Å²) in [6.45, 7) is 2.10. The number of hydrogen-bond acceptors (Lipinski definition) is 4. The number of carbonyl (C=O) groups is 1. The third-order valence-corrected chi connectivity index (χ3v) is 4.54. The Kier molecular flexibility index (Phi) is 4.04. The third-order valence-electron chi connectivity index (χ3n) is 3.21. The van der Waals surface area contributed by atoms with Crippen LogP contribution >= 0.6 is 22.9 Å². The molecule has 94 valence electrons. The first-order valence-electron chi connectivity index (χ1n) is 5.60. The number of carbonyl (C=O) groups excluding carboxylic acids is 1. The van der Waals surface area contributed by atoms with Gasteiger partial charge in [0.15, 0.2) is 0 Å². The van der Waals surface area contributed by atoms with Gasteiger partial charge in [0.2, 0.25) is 5.91 Å². The Morgan fingerprint density at radius 1 is 1.65 bits per heavy atom. The van der Waals surface area contributed by atoms with Gasteiger partial charge in [0.1, 0.15) is 0 Å². The second-order valence-corrected chi connectivity index (χ2v) is 6.02. The van der Waals surface area contributed by atoms with Crippen LogP contribution in [0.1, 0.15) is 17.3 Å². The summed E-state index contributed by atoms with van der Waals surface area (Å²) in [5.41, 5.74) is 11.2. The lowest BCUT2D eigenvalue weighted by molar-refractivity contribution is -0.121. The average molecular weight is 274 g/mol. The quantitative estimate of drug-likeness (QED) is 0.866. The molecule has 0 aliphatic carbocycles. The van der Waals surface area contributed by atoms with Crippen LogP contribution in [0, 0.1) is 5.92 Å². The summed E-state index contributed by atoms with van der Waals surface area (Å²) >= 11 is 7.48. The van der Waals surface area contributed by atoms with Gasteiger partial charge in [0.05, 0.1) is 16.3 Å². The molecule has 1 aliphatic heterocycles. The number of nitrogens with two attached hydrogens (primary N) is 2. The Hall–Kier alpha value is -0.620. The van der Waals surface area contributed by atoms with Gasteiger partial charge in [-0.1, -0.05) is 11.6 Å². The van der Waals surface area contributed by atoms with E-state index in [9.17, 15) is 4.79 Å². The van der Waals surface area contributed by atoms with Gasteiger partial charge in [0, 0.05) is 18.0 Å². The van der Waals surface area contributed by atoms with Crippen LogP contribution < -0.4 is 11.5 Å². The molecule has 1 aliphatic rings. The standard InChI is InChI=1S/C11H16ClN3OS/c12-10-2-1-9(17-10)8(5-13)15-4-3-7(6-15)11(14)16/h1-2,7-8H,3-6,13H2,(H2,14,16). The van der Waals surface area contributed by atoms with Gasteiger partial charge in [-0.05, 0) is 25.1 Å². The first kappa shape index (κ1) is 12.8. The number of hydrogen-bond donors (Lipinski definition) is 2. The van der Waals surface area contributed by atoms with Crippen LogP contribution in [-0.2, 0) is 4.79 Å². The fourth-order valence-electron chi connectivity index (χ4n) is 2.26. The predicted molar refractivity (Wildman–Crippen MR) is 70.0 cm³/mol. The van der Waals surface area contributed by atoms with Crippen molar-refractivity contribution in [2.24, 2.45) is 17.4 Å². The number of nitrogens with zero attached hydrogens (tertiary/aromatic N) is 1. The zero-order chi connectivity index (χ0) is 12.4. The predicted octanol–water partition coefficient (Wildman–Crippen LogP) is 1.21. The molecule has 1 aromatic heterocycles. The molecule has 4 nitrogen and oxygen atoms in total. The molecule has 2 unspecified atom stereocenters. The minimum atomic E-state index is -0.215. The largest absolute Gasteiger partial charge is 0.369 e. The topological polar surface area (TPSA) is 72.3 Å². The summed E-state index contributed by atoms with van der Waals surface area (Å²) in [6, 6.07) is 4.03. The summed E-state index contributed by atoms with van der Waals surface area (Å²) < 4.78 is 0.768. The molecule has 1 saturated heterocycles. The van der Waals surface area contributed by atoms with E-state index >= 15 is 0 Å². The van der Waals surface area contributed by atoms with Crippen molar-refractivity contribution in [2.45, 2.75) is 12.5 Å². The molecule has 2 rings (SSSR count). The lowest BCUT2D eigenvalue weighted by atomic mass is 10.1. The van der Waals surface area contributed by atoms with Crippen molar-refractivity contribution < 1.29 is 4.79 Å². The van der Waals surface area contributed by atoms with E-state index in [0.29, 0.717) is 13.1 Å². The van der Waals surface area contributed by atoms with E-state index in [1.165, 1.54) is 0 Å². The van der Waals surface area contributed by atoms with E-state index in [1.54, 1.807) is 11.3 Å². The maximum absolute atomic E-state index is 11.1. The maximum Gasteiger partial charge on any atom is 0.221 e. The van der Waals surface area contributed by atoms with Gasteiger partial charge in [0.25, 0.3) is 0 Å². The van der Waals surface area contributed by atoms with Crippen LogP contribution in [-0.4, -0.2) is 30.4 Å². The first-order valence-corrected chi connectivity index (χ1v) is 6.80. The number of halogens is 1. The molecule has 0 bridgehead atoms.